The molecule has 3 aromatic heterocycles. The molecule has 0 N–H and O–H groups in total. The lowest BCUT2D eigenvalue weighted by Crippen LogP contribution is -2.27. The summed E-state index contributed by atoms with van der Waals surface area (Å²) in [6, 6.07) is 6.13. The number of fused-ring (bicyclic) bond motifs is 1. The monoisotopic (exact) mass is 294 g/mol. The van der Waals surface area contributed by atoms with E-state index in [1.807, 2.05) is 18.3 Å². The normalized spacial score (nSPS) is 17.4. The Bertz CT molecular complexity index is 852. The van der Waals surface area contributed by atoms with Crippen LogP contribution in [0.4, 0.5) is 0 Å². The van der Waals surface area contributed by atoms with Crippen LogP contribution in [0.25, 0.3) is 17.0 Å². The van der Waals surface area contributed by atoms with Crippen LogP contribution in [0.1, 0.15) is 38.0 Å². The molecule has 1 aliphatic rings. The molecule has 0 radical (unpaired) electrons. The van der Waals surface area contributed by atoms with E-state index in [9.17, 15) is 5.26 Å². The lowest BCUT2D eigenvalue weighted by molar-refractivity contribution is 0.264. The van der Waals surface area contributed by atoms with Gasteiger partial charge in [0.1, 0.15) is 11.7 Å². The van der Waals surface area contributed by atoms with Crippen LogP contribution in [0.2, 0.25) is 0 Å². The smallest absolute Gasteiger partial charge is 0.247 e. The lowest BCUT2D eigenvalue weighted by Gasteiger charge is -2.26. The molecule has 0 aliphatic heterocycles. The van der Waals surface area contributed by atoms with Gasteiger partial charge in [0.15, 0.2) is 5.65 Å². The first kappa shape index (κ1) is 13.0. The highest BCUT2D eigenvalue weighted by molar-refractivity contribution is 5.71. The highest BCUT2D eigenvalue weighted by Crippen LogP contribution is 2.38. The predicted molar refractivity (Wildman–Crippen MR) is 76.7 cm³/mol. The van der Waals surface area contributed by atoms with E-state index >= 15 is 0 Å². The van der Waals surface area contributed by atoms with Crippen molar-refractivity contribution in [2.24, 2.45) is 0 Å². The van der Waals surface area contributed by atoms with Crippen molar-refractivity contribution in [3.8, 4) is 17.5 Å². The zero-order valence-corrected chi connectivity index (χ0v) is 11.9. The second-order valence-corrected chi connectivity index (χ2v) is 5.63. The van der Waals surface area contributed by atoms with E-state index < -0.39 is 5.41 Å². The molecule has 110 valence electrons. The maximum Gasteiger partial charge on any atom is 0.247 e. The zero-order chi connectivity index (χ0) is 15.0. The van der Waals surface area contributed by atoms with Crippen molar-refractivity contribution < 1.29 is 4.52 Å². The highest BCUT2D eigenvalue weighted by atomic mass is 16.5. The fourth-order valence-corrected chi connectivity index (χ4v) is 3.08. The van der Waals surface area contributed by atoms with Gasteiger partial charge in [-0.1, -0.05) is 24.4 Å². The molecule has 0 spiro atoms. The van der Waals surface area contributed by atoms with Crippen molar-refractivity contribution in [1.29, 1.82) is 5.26 Å². The number of rotatable bonds is 2. The van der Waals surface area contributed by atoms with Crippen LogP contribution < -0.4 is 0 Å². The van der Waals surface area contributed by atoms with Gasteiger partial charge < -0.3 is 4.52 Å². The van der Waals surface area contributed by atoms with Gasteiger partial charge in [0, 0.05) is 6.20 Å². The molecular weight excluding hydrogens is 280 g/mol. The average Bonchev–Trinajstić information content (AvgIpc) is 3.24. The van der Waals surface area contributed by atoms with Crippen molar-refractivity contribution in [3.05, 3.63) is 30.5 Å². The third kappa shape index (κ3) is 1.88. The number of nitrogens with zero attached hydrogens (tertiary/aromatic N) is 6. The summed E-state index contributed by atoms with van der Waals surface area (Å²) < 4.78 is 7.10. The Morgan fingerprint density at radius 3 is 2.95 bits per heavy atom. The molecule has 22 heavy (non-hydrogen) atoms. The zero-order valence-electron chi connectivity index (χ0n) is 11.9. The van der Waals surface area contributed by atoms with Gasteiger partial charge in [-0.25, -0.2) is 9.50 Å². The van der Waals surface area contributed by atoms with Crippen LogP contribution in [0.3, 0.4) is 0 Å². The molecule has 1 aliphatic carbocycles. The largest absolute Gasteiger partial charge is 0.337 e. The first-order valence-corrected chi connectivity index (χ1v) is 7.37. The number of aromatic nitrogens is 5. The fourth-order valence-electron chi connectivity index (χ4n) is 3.08. The Labute approximate surface area is 126 Å². The maximum absolute atomic E-state index is 9.61. The second kappa shape index (κ2) is 4.91. The quantitative estimate of drug-likeness (QED) is 0.721. The molecule has 0 saturated heterocycles. The van der Waals surface area contributed by atoms with Gasteiger partial charge in [-0.3, -0.25) is 0 Å². The second-order valence-electron chi connectivity index (χ2n) is 5.63. The van der Waals surface area contributed by atoms with Crippen molar-refractivity contribution >= 4 is 5.65 Å². The number of hydrogen-bond donors (Lipinski definition) is 0. The van der Waals surface area contributed by atoms with E-state index in [1.165, 1.54) is 6.33 Å². The number of hydrogen-bond acceptors (Lipinski definition) is 6. The average molecular weight is 294 g/mol. The minimum Gasteiger partial charge on any atom is -0.337 e. The summed E-state index contributed by atoms with van der Waals surface area (Å²) in [4.78, 5) is 8.71. The minimum absolute atomic E-state index is 0.422. The van der Waals surface area contributed by atoms with Crippen LogP contribution in [0.15, 0.2) is 29.2 Å². The molecule has 4 rings (SSSR count). The Kier molecular flexibility index (Phi) is 2.89. The van der Waals surface area contributed by atoms with Crippen LogP contribution >= 0.6 is 0 Å². The van der Waals surface area contributed by atoms with Crippen molar-refractivity contribution in [2.45, 2.75) is 37.5 Å². The van der Waals surface area contributed by atoms with Crippen LogP contribution in [-0.2, 0) is 5.41 Å². The van der Waals surface area contributed by atoms with E-state index in [4.69, 9.17) is 4.52 Å². The van der Waals surface area contributed by atoms with Gasteiger partial charge in [0.25, 0.3) is 0 Å². The van der Waals surface area contributed by atoms with Crippen molar-refractivity contribution in [1.82, 2.24) is 24.7 Å². The first-order chi connectivity index (χ1) is 10.8. The molecule has 0 aromatic carbocycles. The van der Waals surface area contributed by atoms with Gasteiger partial charge in [0.2, 0.25) is 11.7 Å². The van der Waals surface area contributed by atoms with Gasteiger partial charge in [-0.15, -0.1) is 0 Å². The molecule has 3 heterocycles. The summed E-state index contributed by atoms with van der Waals surface area (Å²) in [5, 5.41) is 17.8. The Morgan fingerprint density at radius 2 is 2.14 bits per heavy atom. The van der Waals surface area contributed by atoms with Crippen molar-refractivity contribution in [3.63, 3.8) is 0 Å². The van der Waals surface area contributed by atoms with Crippen molar-refractivity contribution in [2.75, 3.05) is 0 Å². The van der Waals surface area contributed by atoms with E-state index in [-0.39, 0.29) is 0 Å². The van der Waals surface area contributed by atoms with Crippen LogP contribution in [0, 0.1) is 11.3 Å². The summed E-state index contributed by atoms with van der Waals surface area (Å²) in [5.74, 6) is 0.875. The van der Waals surface area contributed by atoms with E-state index in [1.54, 1.807) is 4.52 Å². The number of nitriles is 1. The molecule has 7 nitrogen and oxygen atoms in total. The number of pyridine rings is 1. The van der Waals surface area contributed by atoms with E-state index in [2.05, 4.69) is 26.3 Å². The summed E-state index contributed by atoms with van der Waals surface area (Å²) in [6.45, 7) is 0. The summed E-state index contributed by atoms with van der Waals surface area (Å²) >= 11 is 0. The summed E-state index contributed by atoms with van der Waals surface area (Å²) in [6.07, 6.45) is 8.04. The Hall–Kier alpha value is -2.75. The van der Waals surface area contributed by atoms with E-state index in [0.29, 0.717) is 17.4 Å². The predicted octanol–water partition coefficient (Wildman–Crippen LogP) is 2.50. The van der Waals surface area contributed by atoms with Gasteiger partial charge in [-0.2, -0.15) is 15.3 Å². The molecule has 1 fully saturated rings. The van der Waals surface area contributed by atoms with Crippen LogP contribution in [0.5, 0.6) is 0 Å². The molecule has 0 unspecified atom stereocenters. The molecule has 0 amide bonds. The van der Waals surface area contributed by atoms with E-state index in [0.717, 1.165) is 37.7 Å². The standard InChI is InChI=1S/C15H14N6O/c16-9-15(6-2-1-3-7-15)14-19-12(20-22-14)11-5-4-8-21-13(11)17-10-18-21/h4-5,8,10H,1-3,6-7H2. The third-order valence-electron chi connectivity index (χ3n) is 4.30. The summed E-state index contributed by atoms with van der Waals surface area (Å²) in [7, 11) is 0. The fraction of sp³-hybridized carbons (Fsp3) is 0.400. The molecule has 7 heteroatoms. The Morgan fingerprint density at radius 1 is 1.27 bits per heavy atom. The van der Waals surface area contributed by atoms with Crippen LogP contribution in [-0.4, -0.2) is 24.7 Å². The lowest BCUT2D eigenvalue weighted by atomic mass is 9.75. The SMILES string of the molecule is N#CC1(c2nc(-c3cccn4ncnc34)no2)CCCCC1. The molecule has 3 aromatic rings. The Balaban J connectivity index is 1.78. The van der Waals surface area contributed by atoms with Gasteiger partial charge >= 0.3 is 0 Å². The first-order valence-electron chi connectivity index (χ1n) is 7.37. The molecular formula is C15H14N6O. The molecule has 0 bridgehead atoms. The minimum atomic E-state index is -0.637. The maximum atomic E-state index is 9.61. The highest BCUT2D eigenvalue weighted by Gasteiger charge is 2.39. The molecule has 0 atom stereocenters. The summed E-state index contributed by atoms with van der Waals surface area (Å²) in [5.41, 5.74) is 0.783. The van der Waals surface area contributed by atoms with Gasteiger partial charge in [0.05, 0.1) is 11.6 Å². The molecule has 1 saturated carbocycles. The van der Waals surface area contributed by atoms with Gasteiger partial charge in [-0.05, 0) is 25.0 Å². The topological polar surface area (TPSA) is 92.9 Å². The third-order valence-corrected chi connectivity index (χ3v) is 4.30.